The van der Waals surface area contributed by atoms with E-state index in [0.29, 0.717) is 17.1 Å². The van der Waals surface area contributed by atoms with Crippen LogP contribution in [-0.2, 0) is 5.41 Å². The lowest BCUT2D eigenvalue weighted by molar-refractivity contribution is 0.402. The van der Waals surface area contributed by atoms with Crippen molar-refractivity contribution in [3.63, 3.8) is 0 Å². The van der Waals surface area contributed by atoms with Gasteiger partial charge in [0.15, 0.2) is 0 Å². The van der Waals surface area contributed by atoms with Gasteiger partial charge in [-0.3, -0.25) is 0 Å². The zero-order valence-corrected chi connectivity index (χ0v) is 18.4. The van der Waals surface area contributed by atoms with Gasteiger partial charge in [-0.1, -0.05) is 20.8 Å². The largest absolute Gasteiger partial charge is 0.422 e. The number of hydrogen-bond acceptors (Lipinski definition) is 4. The van der Waals surface area contributed by atoms with Crippen molar-refractivity contribution >= 4 is 32.5 Å². The van der Waals surface area contributed by atoms with Gasteiger partial charge in [0.2, 0.25) is 0 Å². The predicted molar refractivity (Wildman–Crippen MR) is 121 cm³/mol. The van der Waals surface area contributed by atoms with Crippen LogP contribution in [0.3, 0.4) is 0 Å². The van der Waals surface area contributed by atoms with Crippen LogP contribution in [0.15, 0.2) is 39.5 Å². The first-order valence-corrected chi connectivity index (χ1v) is 11.0. The quantitative estimate of drug-likeness (QED) is 0.326. The molecule has 1 aliphatic carbocycles. The molecule has 1 aliphatic rings. The molecule has 3 nitrogen and oxygen atoms in total. The molecule has 4 heteroatoms. The van der Waals surface area contributed by atoms with Gasteiger partial charge in [0, 0.05) is 5.39 Å². The number of fused-ring (bicyclic) bond motifs is 3. The Bertz CT molecular complexity index is 1300. The molecule has 0 aliphatic heterocycles. The van der Waals surface area contributed by atoms with Gasteiger partial charge in [-0.2, -0.15) is 0 Å². The Morgan fingerprint density at radius 2 is 1.86 bits per heavy atom. The normalized spacial score (nSPS) is 18.3. The number of aromatic nitrogens is 1. The van der Waals surface area contributed by atoms with Crippen molar-refractivity contribution in [3.05, 3.63) is 63.0 Å². The van der Waals surface area contributed by atoms with Gasteiger partial charge < -0.3 is 4.42 Å². The molecule has 29 heavy (non-hydrogen) atoms. The molecule has 0 saturated heterocycles. The van der Waals surface area contributed by atoms with Gasteiger partial charge in [-0.15, -0.1) is 11.3 Å². The summed E-state index contributed by atoms with van der Waals surface area (Å²) in [7, 11) is 0. The number of hydrogen-bond donors (Lipinski definition) is 0. The Hall–Kier alpha value is -2.46. The highest BCUT2D eigenvalue weighted by Gasteiger charge is 2.31. The van der Waals surface area contributed by atoms with Crippen LogP contribution < -0.4 is 5.63 Å². The highest BCUT2D eigenvalue weighted by atomic mass is 32.1. The second kappa shape index (κ2) is 6.27. The fourth-order valence-electron chi connectivity index (χ4n) is 4.49. The molecule has 5 rings (SSSR count). The summed E-state index contributed by atoms with van der Waals surface area (Å²) in [4.78, 5) is 17.6. The Balaban J connectivity index is 1.72. The number of nitrogens with zero attached hydrogens (tertiary/aromatic N) is 1. The summed E-state index contributed by atoms with van der Waals surface area (Å²) in [6, 6.07) is 10.5. The number of rotatable bonds is 1. The summed E-state index contributed by atoms with van der Waals surface area (Å²) >= 11 is 1.55. The Morgan fingerprint density at radius 1 is 1.10 bits per heavy atom. The molecule has 1 atom stereocenters. The first-order chi connectivity index (χ1) is 13.7. The van der Waals surface area contributed by atoms with Gasteiger partial charge in [0.25, 0.3) is 0 Å². The molecular weight excluding hydrogens is 378 g/mol. The number of aryl methyl sites for hydroxylation is 2. The molecule has 148 valence electrons. The molecule has 0 radical (unpaired) electrons. The van der Waals surface area contributed by atoms with E-state index in [1.807, 2.05) is 6.07 Å². The van der Waals surface area contributed by atoms with Crippen LogP contribution >= 0.6 is 11.3 Å². The maximum atomic E-state index is 12.8. The fourth-order valence-corrected chi connectivity index (χ4v) is 5.54. The second-order valence-electron chi connectivity index (χ2n) is 9.17. The minimum absolute atomic E-state index is 0.136. The lowest BCUT2D eigenvalue weighted by Gasteiger charge is -2.36. The minimum Gasteiger partial charge on any atom is -0.422 e. The third-order valence-electron chi connectivity index (χ3n) is 6.60. The summed E-state index contributed by atoms with van der Waals surface area (Å²) in [5.74, 6) is 0.489. The first kappa shape index (κ1) is 18.6. The molecular formula is C25H25NO2S. The number of thiazole rings is 1. The van der Waals surface area contributed by atoms with Crippen molar-refractivity contribution in [2.24, 2.45) is 0 Å². The van der Waals surface area contributed by atoms with Crippen molar-refractivity contribution in [3.8, 4) is 10.6 Å². The summed E-state index contributed by atoms with van der Waals surface area (Å²) in [6.45, 7) is 11.1. The van der Waals surface area contributed by atoms with E-state index in [9.17, 15) is 4.79 Å². The molecule has 2 aromatic carbocycles. The molecule has 2 aromatic heterocycles. The molecule has 0 N–H and O–H groups in total. The van der Waals surface area contributed by atoms with E-state index < -0.39 is 0 Å². The topological polar surface area (TPSA) is 43.1 Å². The highest BCUT2D eigenvalue weighted by molar-refractivity contribution is 7.21. The maximum absolute atomic E-state index is 12.8. The monoisotopic (exact) mass is 403 g/mol. The SMILES string of the molecule is Cc1cc2nc(-c3cc4cc5c(cc4oc3=O)C(C)CCC5(C)C)sc2cc1C. The standard InChI is InChI=1S/C25H25NO2S/c1-13-6-7-25(4,5)19-11-16-10-18(24(27)28-21(16)12-17(13)19)23-26-20-8-14(2)15(3)9-22(20)29-23/h8-13H,6-7H2,1-5H3. The Kier molecular flexibility index (Phi) is 4.01. The van der Waals surface area contributed by atoms with E-state index >= 15 is 0 Å². The smallest absolute Gasteiger partial charge is 0.346 e. The first-order valence-electron chi connectivity index (χ1n) is 10.2. The lowest BCUT2D eigenvalue weighted by atomic mass is 9.69. The van der Waals surface area contributed by atoms with Crippen LogP contribution in [0.1, 0.15) is 61.8 Å². The van der Waals surface area contributed by atoms with Gasteiger partial charge in [0.05, 0.1) is 15.8 Å². The Labute approximate surface area is 174 Å². The molecule has 2 heterocycles. The van der Waals surface area contributed by atoms with Crippen LogP contribution in [0, 0.1) is 13.8 Å². The minimum atomic E-state index is -0.312. The van der Waals surface area contributed by atoms with Crippen LogP contribution in [0.4, 0.5) is 0 Å². The molecule has 0 amide bonds. The molecule has 4 aromatic rings. The van der Waals surface area contributed by atoms with E-state index in [-0.39, 0.29) is 11.0 Å². The van der Waals surface area contributed by atoms with Crippen molar-refractivity contribution in [2.45, 2.75) is 58.8 Å². The lowest BCUT2D eigenvalue weighted by Crippen LogP contribution is -2.25. The molecule has 0 fully saturated rings. The van der Waals surface area contributed by atoms with Gasteiger partial charge >= 0.3 is 5.63 Å². The average Bonchev–Trinajstić information content (AvgIpc) is 3.06. The van der Waals surface area contributed by atoms with Crippen molar-refractivity contribution in [2.75, 3.05) is 0 Å². The summed E-state index contributed by atoms with van der Waals surface area (Å²) in [5, 5.41) is 1.71. The van der Waals surface area contributed by atoms with Gasteiger partial charge in [-0.25, -0.2) is 9.78 Å². The number of benzene rings is 2. The Morgan fingerprint density at radius 3 is 2.66 bits per heavy atom. The van der Waals surface area contributed by atoms with Crippen molar-refractivity contribution in [1.82, 2.24) is 4.98 Å². The zero-order chi connectivity index (χ0) is 20.5. The van der Waals surface area contributed by atoms with Crippen LogP contribution in [-0.4, -0.2) is 4.98 Å². The molecule has 1 unspecified atom stereocenters. The van der Waals surface area contributed by atoms with Gasteiger partial charge in [-0.05, 0) is 90.6 Å². The van der Waals surface area contributed by atoms with Crippen LogP contribution in [0.5, 0.6) is 0 Å². The van der Waals surface area contributed by atoms with Crippen LogP contribution in [0.25, 0.3) is 31.8 Å². The average molecular weight is 404 g/mol. The molecule has 0 saturated carbocycles. The van der Waals surface area contributed by atoms with Gasteiger partial charge in [0.1, 0.15) is 10.6 Å². The van der Waals surface area contributed by atoms with E-state index in [1.165, 1.54) is 35.1 Å². The zero-order valence-electron chi connectivity index (χ0n) is 17.6. The third kappa shape index (κ3) is 2.93. The summed E-state index contributed by atoms with van der Waals surface area (Å²) in [5.41, 5.74) is 7.13. The molecule has 0 bridgehead atoms. The molecule has 0 spiro atoms. The second-order valence-corrected chi connectivity index (χ2v) is 10.2. The highest BCUT2D eigenvalue weighted by Crippen LogP contribution is 2.44. The van der Waals surface area contributed by atoms with Crippen molar-refractivity contribution < 1.29 is 4.42 Å². The van der Waals surface area contributed by atoms with E-state index in [2.05, 4.69) is 58.9 Å². The van der Waals surface area contributed by atoms with Crippen molar-refractivity contribution in [1.29, 1.82) is 0 Å². The maximum Gasteiger partial charge on any atom is 0.346 e. The predicted octanol–water partition coefficient (Wildman–Crippen LogP) is 6.86. The fraction of sp³-hybridized carbons (Fsp3) is 0.360. The summed E-state index contributed by atoms with van der Waals surface area (Å²) < 4.78 is 6.88. The van der Waals surface area contributed by atoms with E-state index in [0.717, 1.165) is 20.6 Å². The van der Waals surface area contributed by atoms with Crippen LogP contribution in [0.2, 0.25) is 0 Å². The third-order valence-corrected chi connectivity index (χ3v) is 7.65. The summed E-state index contributed by atoms with van der Waals surface area (Å²) in [6.07, 6.45) is 2.34. The van der Waals surface area contributed by atoms with E-state index in [1.54, 1.807) is 11.3 Å². The van der Waals surface area contributed by atoms with E-state index in [4.69, 9.17) is 9.40 Å².